The summed E-state index contributed by atoms with van der Waals surface area (Å²) in [6, 6.07) is 14.8. The van der Waals surface area contributed by atoms with Gasteiger partial charge in [0.25, 0.3) is 0 Å². The summed E-state index contributed by atoms with van der Waals surface area (Å²) in [7, 11) is 0. The Morgan fingerprint density at radius 3 is 2.50 bits per heavy atom. The van der Waals surface area contributed by atoms with E-state index in [1.165, 1.54) is 16.3 Å². The molecule has 0 bridgehead atoms. The van der Waals surface area contributed by atoms with Crippen LogP contribution in [0.5, 0.6) is 0 Å². The van der Waals surface area contributed by atoms with Gasteiger partial charge in [-0.2, -0.15) is 0 Å². The van der Waals surface area contributed by atoms with Crippen LogP contribution in [0.3, 0.4) is 0 Å². The predicted molar refractivity (Wildman–Crippen MR) is 63.2 cm³/mol. The van der Waals surface area contributed by atoms with E-state index >= 15 is 0 Å². The van der Waals surface area contributed by atoms with Crippen molar-refractivity contribution in [2.45, 2.75) is 0 Å². The standard InChI is InChI=1S/C14H12/c1-2-3-6-12-9-10-13-7-4-5-8-14(13)11-12/h2-11H,1H2/b6-3+. The topological polar surface area (TPSA) is 0 Å². The first-order chi connectivity index (χ1) is 6.90. The van der Waals surface area contributed by atoms with Crippen molar-refractivity contribution in [3.05, 3.63) is 66.8 Å². The van der Waals surface area contributed by atoms with Crippen molar-refractivity contribution in [1.29, 1.82) is 0 Å². The van der Waals surface area contributed by atoms with E-state index in [0.29, 0.717) is 0 Å². The van der Waals surface area contributed by atoms with E-state index in [0.717, 1.165) is 0 Å². The zero-order valence-corrected chi connectivity index (χ0v) is 7.98. The summed E-state index contributed by atoms with van der Waals surface area (Å²) in [6.07, 6.45) is 5.79. The molecule has 0 aromatic heterocycles. The molecule has 0 heterocycles. The predicted octanol–water partition coefficient (Wildman–Crippen LogP) is 4.04. The molecule has 0 aliphatic carbocycles. The summed E-state index contributed by atoms with van der Waals surface area (Å²) in [5.74, 6) is 0. The number of benzene rings is 2. The number of rotatable bonds is 2. The third-order valence-electron chi connectivity index (χ3n) is 2.20. The van der Waals surface area contributed by atoms with Crippen molar-refractivity contribution >= 4 is 16.8 Å². The van der Waals surface area contributed by atoms with Gasteiger partial charge in [-0.05, 0) is 22.4 Å². The minimum absolute atomic E-state index is 1.21. The summed E-state index contributed by atoms with van der Waals surface area (Å²) in [4.78, 5) is 0. The molecule has 0 saturated carbocycles. The van der Waals surface area contributed by atoms with Crippen LogP contribution in [-0.4, -0.2) is 0 Å². The lowest BCUT2D eigenvalue weighted by atomic mass is 10.1. The van der Waals surface area contributed by atoms with E-state index in [2.05, 4.69) is 55.1 Å². The van der Waals surface area contributed by atoms with Crippen LogP contribution in [0.2, 0.25) is 0 Å². The highest BCUT2D eigenvalue weighted by Gasteiger charge is 1.91. The SMILES string of the molecule is C=C/C=C/c1ccc2ccccc2c1. The fourth-order valence-electron chi connectivity index (χ4n) is 1.49. The highest BCUT2D eigenvalue weighted by Crippen LogP contribution is 2.16. The molecule has 0 heteroatoms. The van der Waals surface area contributed by atoms with Crippen LogP contribution in [0.1, 0.15) is 5.56 Å². The molecule has 0 atom stereocenters. The van der Waals surface area contributed by atoms with Gasteiger partial charge in [-0.3, -0.25) is 0 Å². The fraction of sp³-hybridized carbons (Fsp3) is 0. The van der Waals surface area contributed by atoms with Crippen molar-refractivity contribution in [2.24, 2.45) is 0 Å². The third-order valence-corrected chi connectivity index (χ3v) is 2.20. The average Bonchev–Trinajstić information content (AvgIpc) is 2.26. The molecule has 0 aliphatic rings. The maximum absolute atomic E-state index is 3.65. The Labute approximate surface area is 84.2 Å². The van der Waals surface area contributed by atoms with Gasteiger partial charge in [-0.15, -0.1) is 0 Å². The monoisotopic (exact) mass is 180 g/mol. The maximum atomic E-state index is 3.65. The lowest BCUT2D eigenvalue weighted by Gasteiger charge is -1.98. The van der Waals surface area contributed by atoms with Crippen molar-refractivity contribution < 1.29 is 0 Å². The van der Waals surface area contributed by atoms with Crippen molar-refractivity contribution in [3.63, 3.8) is 0 Å². The quantitative estimate of drug-likeness (QED) is 0.612. The molecule has 0 amide bonds. The van der Waals surface area contributed by atoms with E-state index < -0.39 is 0 Å². The maximum Gasteiger partial charge on any atom is -0.0178 e. The molecule has 0 radical (unpaired) electrons. The third kappa shape index (κ3) is 1.74. The molecule has 0 spiro atoms. The molecule has 0 fully saturated rings. The molecule has 0 unspecified atom stereocenters. The minimum atomic E-state index is 1.21. The van der Waals surface area contributed by atoms with E-state index in [1.807, 2.05) is 6.08 Å². The summed E-state index contributed by atoms with van der Waals surface area (Å²) >= 11 is 0. The molecule has 2 aromatic rings. The number of hydrogen-bond acceptors (Lipinski definition) is 0. The Morgan fingerprint density at radius 1 is 0.929 bits per heavy atom. The van der Waals surface area contributed by atoms with Crippen LogP contribution in [0.25, 0.3) is 16.8 Å². The van der Waals surface area contributed by atoms with Gasteiger partial charge in [0.15, 0.2) is 0 Å². The molecule has 14 heavy (non-hydrogen) atoms. The van der Waals surface area contributed by atoms with Crippen LogP contribution >= 0.6 is 0 Å². The van der Waals surface area contributed by atoms with Crippen LogP contribution in [0.15, 0.2) is 61.2 Å². The number of allylic oxidation sites excluding steroid dienone is 2. The normalized spacial score (nSPS) is 10.9. The average molecular weight is 180 g/mol. The molecular weight excluding hydrogens is 168 g/mol. The van der Waals surface area contributed by atoms with Crippen LogP contribution in [0.4, 0.5) is 0 Å². The van der Waals surface area contributed by atoms with Gasteiger partial charge in [0.1, 0.15) is 0 Å². The van der Waals surface area contributed by atoms with Gasteiger partial charge in [-0.25, -0.2) is 0 Å². The Hall–Kier alpha value is -1.82. The van der Waals surface area contributed by atoms with Gasteiger partial charge < -0.3 is 0 Å². The first kappa shape index (κ1) is 8.76. The Bertz CT molecular complexity index is 478. The van der Waals surface area contributed by atoms with E-state index in [1.54, 1.807) is 6.08 Å². The second-order valence-electron chi connectivity index (χ2n) is 3.20. The molecule has 0 saturated heterocycles. The highest BCUT2D eigenvalue weighted by atomic mass is 14.0. The highest BCUT2D eigenvalue weighted by molar-refractivity contribution is 5.84. The Balaban J connectivity index is 2.51. The Morgan fingerprint density at radius 2 is 1.71 bits per heavy atom. The van der Waals surface area contributed by atoms with Crippen LogP contribution < -0.4 is 0 Å². The summed E-state index contributed by atoms with van der Waals surface area (Å²) < 4.78 is 0. The molecule has 0 N–H and O–H groups in total. The number of fused-ring (bicyclic) bond motifs is 1. The van der Waals surface area contributed by atoms with Crippen LogP contribution in [-0.2, 0) is 0 Å². The van der Waals surface area contributed by atoms with E-state index in [-0.39, 0.29) is 0 Å². The molecule has 2 rings (SSSR count). The van der Waals surface area contributed by atoms with Crippen molar-refractivity contribution in [2.75, 3.05) is 0 Å². The van der Waals surface area contributed by atoms with E-state index in [4.69, 9.17) is 0 Å². The zero-order valence-electron chi connectivity index (χ0n) is 7.98. The molecule has 0 aliphatic heterocycles. The fourth-order valence-corrected chi connectivity index (χ4v) is 1.49. The first-order valence-corrected chi connectivity index (χ1v) is 4.68. The first-order valence-electron chi connectivity index (χ1n) is 4.68. The van der Waals surface area contributed by atoms with Gasteiger partial charge >= 0.3 is 0 Å². The minimum Gasteiger partial charge on any atom is -0.0991 e. The summed E-state index contributed by atoms with van der Waals surface area (Å²) in [5, 5.41) is 2.56. The number of hydrogen-bond donors (Lipinski definition) is 0. The Kier molecular flexibility index (Phi) is 2.46. The van der Waals surface area contributed by atoms with Crippen molar-refractivity contribution in [1.82, 2.24) is 0 Å². The van der Waals surface area contributed by atoms with Gasteiger partial charge in [-0.1, -0.05) is 61.2 Å². The molecule has 68 valence electrons. The zero-order chi connectivity index (χ0) is 9.80. The molecular formula is C14H12. The summed E-state index contributed by atoms with van der Waals surface area (Å²) in [6.45, 7) is 3.65. The summed E-state index contributed by atoms with van der Waals surface area (Å²) in [5.41, 5.74) is 1.21. The molecule has 0 nitrogen and oxygen atoms in total. The lowest BCUT2D eigenvalue weighted by molar-refractivity contribution is 1.71. The second kappa shape index (κ2) is 3.93. The van der Waals surface area contributed by atoms with Crippen LogP contribution in [0, 0.1) is 0 Å². The van der Waals surface area contributed by atoms with E-state index in [9.17, 15) is 0 Å². The van der Waals surface area contributed by atoms with Gasteiger partial charge in [0.05, 0.1) is 0 Å². The largest absolute Gasteiger partial charge is 0.0991 e. The van der Waals surface area contributed by atoms with Gasteiger partial charge in [0, 0.05) is 0 Å². The molecule has 2 aromatic carbocycles. The van der Waals surface area contributed by atoms with Gasteiger partial charge in [0.2, 0.25) is 0 Å². The lowest BCUT2D eigenvalue weighted by Crippen LogP contribution is -1.74. The smallest absolute Gasteiger partial charge is 0.0178 e. The van der Waals surface area contributed by atoms with Crippen molar-refractivity contribution in [3.8, 4) is 0 Å². The second-order valence-corrected chi connectivity index (χ2v) is 3.20.